The number of fused-ring (bicyclic) bond motifs is 1. The van der Waals surface area contributed by atoms with E-state index in [9.17, 15) is 18.1 Å². The number of allylic oxidation sites excluding steroid dienone is 1. The van der Waals surface area contributed by atoms with Crippen molar-refractivity contribution in [2.75, 3.05) is 25.0 Å². The highest BCUT2D eigenvalue weighted by Crippen LogP contribution is 2.40. The molecule has 0 atom stereocenters. The highest BCUT2D eigenvalue weighted by Gasteiger charge is 2.42. The van der Waals surface area contributed by atoms with Gasteiger partial charge in [0.05, 0.1) is 5.41 Å². The molecule has 0 radical (unpaired) electrons. The Morgan fingerprint density at radius 3 is 2.16 bits per heavy atom. The lowest BCUT2D eigenvalue weighted by atomic mass is 9.81. The molecule has 8 heteroatoms. The van der Waals surface area contributed by atoms with Crippen molar-refractivity contribution in [3.05, 3.63) is 59.2 Å². The van der Waals surface area contributed by atoms with Gasteiger partial charge in [0.25, 0.3) is 0 Å². The maximum atomic E-state index is 10.5. The van der Waals surface area contributed by atoms with Gasteiger partial charge in [0, 0.05) is 48.1 Å². The maximum Gasteiger partial charge on any atom is 0.762 e. The normalized spacial score (nSPS) is 13.9. The van der Waals surface area contributed by atoms with Gasteiger partial charge in [-0.2, -0.15) is 4.58 Å². The smallest absolute Gasteiger partial charge is 0.762 e. The number of benzene rings is 2. The Bertz CT molecular complexity index is 983. The molecule has 0 saturated heterocycles. The lowest BCUT2D eigenvalue weighted by molar-refractivity contribution is -0.401. The molecule has 1 heterocycles. The first-order valence-electron chi connectivity index (χ1n) is 10.4. The van der Waals surface area contributed by atoms with Crippen LogP contribution < -0.4 is 9.60 Å². The van der Waals surface area contributed by atoms with E-state index < -0.39 is 7.54 Å². The number of phenolic OH excluding ortho intramolecular Hbond substituents is 1. The molecule has 3 nitrogen and oxygen atoms in total. The molecule has 2 aromatic rings. The number of hydrogen-bond acceptors (Lipinski definition) is 2. The molecule has 0 saturated carbocycles. The second kappa shape index (κ2) is 11.2. The van der Waals surface area contributed by atoms with E-state index in [0.29, 0.717) is 5.75 Å². The monoisotopic (exact) mass is 450 g/mol. The van der Waals surface area contributed by atoms with Gasteiger partial charge in [-0.15, -0.1) is 0 Å². The highest BCUT2D eigenvalue weighted by molar-refractivity contribution is 6.33. The Morgan fingerprint density at radius 2 is 1.62 bits per heavy atom. The van der Waals surface area contributed by atoms with Crippen molar-refractivity contribution < 1.29 is 27.3 Å². The van der Waals surface area contributed by atoms with Crippen molar-refractivity contribution >= 4 is 30.7 Å². The fourth-order valence-corrected chi connectivity index (χ4v) is 4.08. The summed E-state index contributed by atoms with van der Waals surface area (Å²) in [4.78, 5) is 2.23. The molecule has 0 spiro atoms. The molecule has 0 unspecified atom stereocenters. The van der Waals surface area contributed by atoms with Gasteiger partial charge in [-0.05, 0) is 58.9 Å². The van der Waals surface area contributed by atoms with E-state index in [0.717, 1.165) is 24.3 Å². The fraction of sp³-hybridized carbons (Fsp3) is 0.375. The molecule has 1 aliphatic heterocycles. The topological polar surface area (TPSA) is 26.5 Å². The van der Waals surface area contributed by atoms with Crippen molar-refractivity contribution in [2.24, 2.45) is 0 Å². The molecule has 3 rings (SSSR count). The molecule has 174 valence electrons. The van der Waals surface area contributed by atoms with E-state index in [1.807, 2.05) is 18.2 Å². The zero-order valence-electron chi connectivity index (χ0n) is 19.5. The minimum absolute atomic E-state index is 0. The van der Waals surface area contributed by atoms with Crippen LogP contribution in [0.4, 0.5) is 24.3 Å². The Kier molecular flexibility index (Phi) is 9.55. The summed E-state index contributed by atoms with van der Waals surface area (Å²) in [6, 6.07) is 12.6. The van der Waals surface area contributed by atoms with Gasteiger partial charge in [-0.3, -0.25) is 12.9 Å². The number of hydrogen-bond donors (Lipinski definition) is 1. The largest absolute Gasteiger partial charge is 1.00 e. The lowest BCUT2D eigenvalue weighted by Gasteiger charge is -2.21. The van der Waals surface area contributed by atoms with E-state index in [1.54, 1.807) is 0 Å². The number of aryl methyl sites for hydroxylation is 1. The predicted octanol–water partition coefficient (Wildman–Crippen LogP) is 3.15. The zero-order valence-corrected chi connectivity index (χ0v) is 19.5. The second-order valence-electron chi connectivity index (χ2n) is 8.09. The van der Waals surface area contributed by atoms with Crippen LogP contribution >= 0.6 is 0 Å². The minimum Gasteiger partial charge on any atom is -1.00 e. The lowest BCUT2D eigenvalue weighted by Crippen LogP contribution is -3.00. The van der Waals surface area contributed by atoms with Gasteiger partial charge in [-0.25, -0.2) is 0 Å². The third kappa shape index (κ3) is 5.93. The first-order valence-corrected chi connectivity index (χ1v) is 10.4. The Balaban J connectivity index is 0.000000945. The molecule has 0 amide bonds. The van der Waals surface area contributed by atoms with Gasteiger partial charge in [-0.1, -0.05) is 11.6 Å². The molecule has 1 N–H and O–H groups in total. The minimum atomic E-state index is -3.67. The molecule has 0 aliphatic carbocycles. The van der Waals surface area contributed by atoms with Crippen molar-refractivity contribution in [3.63, 3.8) is 0 Å². The molecule has 2 aromatic carbocycles. The summed E-state index contributed by atoms with van der Waals surface area (Å²) in [6.45, 7) is 12.8. The Morgan fingerprint density at radius 1 is 1.03 bits per heavy atom. The van der Waals surface area contributed by atoms with Crippen LogP contribution in [0.15, 0.2) is 42.5 Å². The Hall–Kier alpha value is -2.77. The van der Waals surface area contributed by atoms with E-state index in [1.165, 1.54) is 22.5 Å². The second-order valence-corrected chi connectivity index (χ2v) is 8.09. The van der Waals surface area contributed by atoms with Crippen LogP contribution in [-0.2, 0) is 5.41 Å². The summed E-state index contributed by atoms with van der Waals surface area (Å²) in [7, 11) is -1.55. The maximum absolute atomic E-state index is 10.5. The predicted molar refractivity (Wildman–Crippen MR) is 125 cm³/mol. The number of aromatic hydroxyl groups is 1. The number of anilines is 1. The molecule has 0 bridgehead atoms. The van der Waals surface area contributed by atoms with Crippen molar-refractivity contribution in [2.45, 2.75) is 40.0 Å². The quantitative estimate of drug-likeness (QED) is 0.431. The SMILES string of the molecule is CCN(CC)c1ccc(C=CC2=[N+](C)c3ccc(C)cc3C2(C)C)c(O)c1.FB(F)F.[F-]. The average molecular weight is 450 g/mol. The summed E-state index contributed by atoms with van der Waals surface area (Å²) < 4.78 is 31.3. The average Bonchev–Trinajstić information content (AvgIpc) is 2.87. The summed E-state index contributed by atoms with van der Waals surface area (Å²) in [5.74, 6) is 0.322. The fourth-order valence-electron chi connectivity index (χ4n) is 4.08. The molecule has 32 heavy (non-hydrogen) atoms. The summed E-state index contributed by atoms with van der Waals surface area (Å²) >= 11 is 0. The zero-order chi connectivity index (χ0) is 23.3. The first-order chi connectivity index (χ1) is 14.5. The van der Waals surface area contributed by atoms with Gasteiger partial charge in [0.15, 0.2) is 5.71 Å². The first kappa shape index (κ1) is 27.3. The number of nitrogens with zero attached hydrogens (tertiary/aromatic N) is 2. The molecule has 0 fully saturated rings. The van der Waals surface area contributed by atoms with Crippen LogP contribution in [-0.4, -0.2) is 43.1 Å². The summed E-state index contributed by atoms with van der Waals surface area (Å²) in [5.41, 5.74) is 6.96. The summed E-state index contributed by atoms with van der Waals surface area (Å²) in [6.07, 6.45) is 4.16. The van der Waals surface area contributed by atoms with Crippen molar-refractivity contribution in [3.8, 4) is 5.75 Å². The van der Waals surface area contributed by atoms with Crippen LogP contribution in [0.25, 0.3) is 6.08 Å². The third-order valence-electron chi connectivity index (χ3n) is 5.75. The van der Waals surface area contributed by atoms with Crippen LogP contribution in [0.2, 0.25) is 0 Å². The number of halogens is 4. The number of phenols is 1. The third-order valence-corrected chi connectivity index (χ3v) is 5.75. The van der Waals surface area contributed by atoms with Gasteiger partial charge >= 0.3 is 7.54 Å². The molecular formula is C24H31BF4N2O. The van der Waals surface area contributed by atoms with Crippen LogP contribution in [0, 0.1) is 6.92 Å². The Labute approximate surface area is 188 Å². The van der Waals surface area contributed by atoms with E-state index in [-0.39, 0.29) is 10.1 Å². The van der Waals surface area contributed by atoms with Crippen molar-refractivity contribution in [1.82, 2.24) is 0 Å². The molecular weight excluding hydrogens is 419 g/mol. The van der Waals surface area contributed by atoms with E-state index in [2.05, 4.69) is 81.5 Å². The molecule has 1 aliphatic rings. The number of rotatable bonds is 5. The van der Waals surface area contributed by atoms with Gasteiger partial charge in [0.2, 0.25) is 5.69 Å². The van der Waals surface area contributed by atoms with Crippen LogP contribution in [0.5, 0.6) is 5.75 Å². The summed E-state index contributed by atoms with van der Waals surface area (Å²) in [5, 5.41) is 10.5. The molecule has 0 aromatic heterocycles. The van der Waals surface area contributed by atoms with Crippen LogP contribution in [0.1, 0.15) is 44.4 Å². The van der Waals surface area contributed by atoms with Crippen LogP contribution in [0.3, 0.4) is 0 Å². The van der Waals surface area contributed by atoms with E-state index >= 15 is 0 Å². The van der Waals surface area contributed by atoms with E-state index in [4.69, 9.17) is 0 Å². The standard InChI is InChI=1S/C24H30N2O.BF3.FH/c1-7-26(8-2)19-12-10-18(22(27)16-19)11-14-23-24(4,5)20-15-17(3)9-13-21(20)25(23)6;2-1(3)4;/h9-16H,7-8H2,1-6H3;;1H. The van der Waals surface area contributed by atoms with Gasteiger partial charge < -0.3 is 14.7 Å². The van der Waals surface area contributed by atoms with Crippen molar-refractivity contribution in [1.29, 1.82) is 0 Å². The van der Waals surface area contributed by atoms with Gasteiger partial charge in [0.1, 0.15) is 12.8 Å². The highest BCUT2D eigenvalue weighted by atomic mass is 19.4.